The van der Waals surface area contributed by atoms with E-state index in [1.165, 1.54) is 0 Å². The van der Waals surface area contributed by atoms with E-state index < -0.39 is 0 Å². The number of aromatic nitrogens is 4. The predicted molar refractivity (Wildman–Crippen MR) is 70.8 cm³/mol. The van der Waals surface area contributed by atoms with Crippen molar-refractivity contribution in [2.24, 2.45) is 0 Å². The van der Waals surface area contributed by atoms with Gasteiger partial charge in [0.2, 0.25) is 5.95 Å². The molecule has 1 aliphatic rings. The summed E-state index contributed by atoms with van der Waals surface area (Å²) in [7, 11) is 3.94. The molecule has 7 heteroatoms. The first kappa shape index (κ1) is 11.2. The van der Waals surface area contributed by atoms with Crippen molar-refractivity contribution >= 4 is 22.9 Å². The lowest BCUT2D eigenvalue weighted by molar-refractivity contribution is 0.414. The fraction of sp³-hybridized carbons (Fsp3) is 0.545. The van der Waals surface area contributed by atoms with Gasteiger partial charge in [-0.1, -0.05) is 0 Å². The van der Waals surface area contributed by atoms with Gasteiger partial charge in [-0.25, -0.2) is 4.98 Å². The minimum absolute atomic E-state index is 0.432. The molecule has 2 aromatic rings. The third-order valence-corrected chi connectivity index (χ3v) is 3.24. The number of hydrogen-bond donors (Lipinski definition) is 3. The molecule has 0 amide bonds. The van der Waals surface area contributed by atoms with Crippen LogP contribution in [0.3, 0.4) is 0 Å². The first-order valence-corrected chi connectivity index (χ1v) is 6.10. The normalized spacial score (nSPS) is 20.4. The molecule has 3 N–H and O–H groups in total. The minimum Gasteiger partial charge on any atom is -0.364 e. The zero-order valence-corrected chi connectivity index (χ0v) is 10.6. The van der Waals surface area contributed by atoms with Crippen molar-refractivity contribution in [3.63, 3.8) is 0 Å². The standard InChI is InChI=1S/C11H17N7/c1-12-11-16-9-8(13-6-14-9)10(17-11)15-7-3-4-18(2)5-7/h6-7H,3-5H2,1-2H3,(H3,12,13,14,15,16,17). The minimum atomic E-state index is 0.432. The summed E-state index contributed by atoms with van der Waals surface area (Å²) < 4.78 is 0. The first-order chi connectivity index (χ1) is 8.76. The van der Waals surface area contributed by atoms with Gasteiger partial charge < -0.3 is 20.5 Å². The van der Waals surface area contributed by atoms with Gasteiger partial charge in [-0.15, -0.1) is 0 Å². The zero-order chi connectivity index (χ0) is 12.5. The number of aromatic amines is 1. The Labute approximate surface area is 105 Å². The van der Waals surface area contributed by atoms with Crippen LogP contribution in [0.25, 0.3) is 11.2 Å². The van der Waals surface area contributed by atoms with Crippen LogP contribution in [-0.4, -0.2) is 58.1 Å². The van der Waals surface area contributed by atoms with Crippen molar-refractivity contribution in [3.05, 3.63) is 6.33 Å². The predicted octanol–water partition coefficient (Wildman–Crippen LogP) is 0.511. The van der Waals surface area contributed by atoms with E-state index in [1.54, 1.807) is 13.4 Å². The quantitative estimate of drug-likeness (QED) is 0.733. The van der Waals surface area contributed by atoms with Gasteiger partial charge in [0.25, 0.3) is 0 Å². The lowest BCUT2D eigenvalue weighted by Crippen LogP contribution is -2.24. The SMILES string of the molecule is CNc1nc(NC2CCN(C)C2)c2[nH]cnc2n1. The van der Waals surface area contributed by atoms with Gasteiger partial charge in [-0.3, -0.25) is 0 Å². The van der Waals surface area contributed by atoms with Gasteiger partial charge in [0, 0.05) is 19.6 Å². The summed E-state index contributed by atoms with van der Waals surface area (Å²) in [5.74, 6) is 1.41. The molecule has 3 heterocycles. The van der Waals surface area contributed by atoms with E-state index in [9.17, 15) is 0 Å². The first-order valence-electron chi connectivity index (χ1n) is 6.10. The second-order valence-corrected chi connectivity index (χ2v) is 4.64. The molecule has 1 saturated heterocycles. The van der Waals surface area contributed by atoms with Gasteiger partial charge in [-0.2, -0.15) is 9.97 Å². The number of hydrogen-bond acceptors (Lipinski definition) is 6. The zero-order valence-electron chi connectivity index (χ0n) is 10.6. The Morgan fingerprint density at radius 2 is 2.33 bits per heavy atom. The number of imidazole rings is 1. The summed E-state index contributed by atoms with van der Waals surface area (Å²) in [5.41, 5.74) is 1.55. The Hall–Kier alpha value is -1.89. The Morgan fingerprint density at radius 1 is 1.44 bits per heavy atom. The highest BCUT2D eigenvalue weighted by Gasteiger charge is 2.21. The van der Waals surface area contributed by atoms with E-state index >= 15 is 0 Å². The highest BCUT2D eigenvalue weighted by Crippen LogP contribution is 2.21. The maximum Gasteiger partial charge on any atom is 0.226 e. The van der Waals surface area contributed by atoms with E-state index in [1.807, 2.05) is 0 Å². The van der Waals surface area contributed by atoms with Crippen LogP contribution in [-0.2, 0) is 0 Å². The van der Waals surface area contributed by atoms with E-state index in [-0.39, 0.29) is 0 Å². The number of likely N-dealkylation sites (N-methyl/N-ethyl adjacent to an activating group) is 1. The molecule has 1 aliphatic heterocycles. The highest BCUT2D eigenvalue weighted by molar-refractivity contribution is 5.83. The Morgan fingerprint density at radius 3 is 3.06 bits per heavy atom. The number of nitrogens with one attached hydrogen (secondary N) is 3. The molecule has 0 bridgehead atoms. The molecular weight excluding hydrogens is 230 g/mol. The van der Waals surface area contributed by atoms with Crippen LogP contribution in [0, 0.1) is 0 Å². The van der Waals surface area contributed by atoms with E-state index in [0.717, 1.165) is 30.8 Å². The topological polar surface area (TPSA) is 81.8 Å². The van der Waals surface area contributed by atoms with Crippen molar-refractivity contribution in [1.29, 1.82) is 0 Å². The maximum atomic E-state index is 4.46. The van der Waals surface area contributed by atoms with Crippen molar-refractivity contribution in [2.45, 2.75) is 12.5 Å². The van der Waals surface area contributed by atoms with Gasteiger partial charge in [0.1, 0.15) is 5.52 Å². The van der Waals surface area contributed by atoms with Crippen LogP contribution in [0.1, 0.15) is 6.42 Å². The van der Waals surface area contributed by atoms with Gasteiger partial charge >= 0.3 is 0 Å². The third-order valence-electron chi connectivity index (χ3n) is 3.24. The summed E-state index contributed by atoms with van der Waals surface area (Å²) in [4.78, 5) is 18.3. The van der Waals surface area contributed by atoms with Gasteiger partial charge in [-0.05, 0) is 20.0 Å². The second-order valence-electron chi connectivity index (χ2n) is 4.64. The summed E-state index contributed by atoms with van der Waals surface area (Å²) >= 11 is 0. The molecule has 18 heavy (non-hydrogen) atoms. The summed E-state index contributed by atoms with van der Waals surface area (Å²) in [6.45, 7) is 2.16. The van der Waals surface area contributed by atoms with Crippen molar-refractivity contribution in [1.82, 2.24) is 24.8 Å². The van der Waals surface area contributed by atoms with Crippen molar-refractivity contribution in [3.8, 4) is 0 Å². The van der Waals surface area contributed by atoms with Crippen LogP contribution in [0.4, 0.5) is 11.8 Å². The molecule has 1 atom stereocenters. The number of H-pyrrole nitrogens is 1. The number of rotatable bonds is 3. The maximum absolute atomic E-state index is 4.46. The van der Waals surface area contributed by atoms with Crippen LogP contribution < -0.4 is 10.6 Å². The molecule has 1 fully saturated rings. The van der Waals surface area contributed by atoms with Crippen LogP contribution in [0.5, 0.6) is 0 Å². The van der Waals surface area contributed by atoms with Gasteiger partial charge in [0.05, 0.1) is 6.33 Å². The summed E-state index contributed by atoms with van der Waals surface area (Å²) in [6, 6.07) is 0.432. The molecule has 0 saturated carbocycles. The Balaban J connectivity index is 1.92. The van der Waals surface area contributed by atoms with Crippen LogP contribution in [0.15, 0.2) is 6.33 Å². The largest absolute Gasteiger partial charge is 0.364 e. The molecule has 2 aromatic heterocycles. The molecular formula is C11H17N7. The van der Waals surface area contributed by atoms with E-state index in [0.29, 0.717) is 17.6 Å². The molecule has 0 spiro atoms. The number of anilines is 2. The molecule has 7 nitrogen and oxygen atoms in total. The molecule has 1 unspecified atom stereocenters. The third kappa shape index (κ3) is 1.97. The number of fused-ring (bicyclic) bond motifs is 1. The average Bonchev–Trinajstić information content (AvgIpc) is 2.98. The second kappa shape index (κ2) is 4.41. The number of nitrogens with zero attached hydrogens (tertiary/aromatic N) is 4. The van der Waals surface area contributed by atoms with Crippen LogP contribution >= 0.6 is 0 Å². The van der Waals surface area contributed by atoms with E-state index in [4.69, 9.17) is 0 Å². The highest BCUT2D eigenvalue weighted by atomic mass is 15.2. The Kier molecular flexibility index (Phi) is 2.75. The number of likely N-dealkylation sites (tertiary alicyclic amines) is 1. The summed E-state index contributed by atoms with van der Waals surface area (Å²) in [5, 5.41) is 6.43. The van der Waals surface area contributed by atoms with Crippen molar-refractivity contribution in [2.75, 3.05) is 37.8 Å². The average molecular weight is 247 g/mol. The Bertz CT molecular complexity index is 549. The van der Waals surface area contributed by atoms with Crippen LogP contribution in [0.2, 0.25) is 0 Å². The van der Waals surface area contributed by atoms with Crippen molar-refractivity contribution < 1.29 is 0 Å². The monoisotopic (exact) mass is 247 g/mol. The molecule has 3 rings (SSSR count). The fourth-order valence-corrected chi connectivity index (χ4v) is 2.30. The fourth-order valence-electron chi connectivity index (χ4n) is 2.30. The molecule has 96 valence electrons. The smallest absolute Gasteiger partial charge is 0.226 e. The van der Waals surface area contributed by atoms with Gasteiger partial charge in [0.15, 0.2) is 11.5 Å². The lowest BCUT2D eigenvalue weighted by Gasteiger charge is -2.14. The van der Waals surface area contributed by atoms with E-state index in [2.05, 4.69) is 42.5 Å². The molecule has 0 aliphatic carbocycles. The molecule has 0 radical (unpaired) electrons. The lowest BCUT2D eigenvalue weighted by atomic mass is 10.2. The molecule has 0 aromatic carbocycles. The summed E-state index contributed by atoms with van der Waals surface area (Å²) in [6.07, 6.45) is 2.77.